The summed E-state index contributed by atoms with van der Waals surface area (Å²) in [6.07, 6.45) is 0.337. The minimum atomic E-state index is -0.209. The Balaban J connectivity index is 1.33. The molecule has 2 aromatic rings. The Hall–Kier alpha value is -2.82. The topological polar surface area (TPSA) is 43.9 Å². The second-order valence-corrected chi connectivity index (χ2v) is 7.75. The van der Waals surface area contributed by atoms with Gasteiger partial charge in [0.25, 0.3) is 0 Å². The first-order chi connectivity index (χ1) is 13.6. The van der Waals surface area contributed by atoms with Crippen LogP contribution in [0.3, 0.4) is 0 Å². The number of anilines is 1. The molecule has 2 saturated heterocycles. The molecule has 5 heteroatoms. The number of carbonyl (C=O) groups excluding carboxylic acids is 2. The zero-order valence-corrected chi connectivity index (χ0v) is 16.4. The van der Waals surface area contributed by atoms with Crippen LogP contribution in [0.2, 0.25) is 0 Å². The predicted molar refractivity (Wildman–Crippen MR) is 110 cm³/mol. The first kappa shape index (κ1) is 18.5. The normalized spacial score (nSPS) is 20.0. The molecule has 1 unspecified atom stereocenters. The summed E-state index contributed by atoms with van der Waals surface area (Å²) in [4.78, 5) is 31.5. The Morgan fingerprint density at radius 1 is 0.964 bits per heavy atom. The van der Waals surface area contributed by atoms with Gasteiger partial charge in [0, 0.05) is 51.4 Å². The molecule has 2 heterocycles. The van der Waals surface area contributed by atoms with Gasteiger partial charge in [0.05, 0.1) is 5.92 Å². The fourth-order valence-electron chi connectivity index (χ4n) is 4.17. The van der Waals surface area contributed by atoms with Crippen LogP contribution in [-0.4, -0.2) is 54.3 Å². The minimum absolute atomic E-state index is 0.0875. The summed E-state index contributed by atoms with van der Waals surface area (Å²) in [6.45, 7) is 6.30. The van der Waals surface area contributed by atoms with Gasteiger partial charge >= 0.3 is 0 Å². The van der Waals surface area contributed by atoms with Crippen molar-refractivity contribution in [3.63, 3.8) is 0 Å². The number of carbonyl (C=O) groups is 2. The van der Waals surface area contributed by atoms with Crippen molar-refractivity contribution in [3.8, 4) is 0 Å². The first-order valence-corrected chi connectivity index (χ1v) is 10.0. The number of rotatable bonds is 4. The summed E-state index contributed by atoms with van der Waals surface area (Å²) >= 11 is 0. The van der Waals surface area contributed by atoms with Gasteiger partial charge < -0.3 is 14.7 Å². The average Bonchev–Trinajstić information content (AvgIpc) is 3.10. The molecule has 5 nitrogen and oxygen atoms in total. The Morgan fingerprint density at radius 2 is 1.64 bits per heavy atom. The summed E-state index contributed by atoms with van der Waals surface area (Å²) in [5, 5.41) is 0. The maximum Gasteiger partial charge on any atom is 0.228 e. The zero-order chi connectivity index (χ0) is 19.5. The third-order valence-corrected chi connectivity index (χ3v) is 5.90. The molecule has 0 radical (unpaired) electrons. The summed E-state index contributed by atoms with van der Waals surface area (Å²) < 4.78 is 0. The number of benzene rings is 2. The molecular weight excluding hydrogens is 350 g/mol. The van der Waals surface area contributed by atoms with Crippen LogP contribution in [0, 0.1) is 12.8 Å². The SMILES string of the molecule is Cc1ccccc1CN1CC(C(=O)N2CCN(c3ccccc3)CC2)CC1=O. The van der Waals surface area contributed by atoms with Crippen LogP contribution in [0.1, 0.15) is 17.5 Å². The van der Waals surface area contributed by atoms with Crippen molar-refractivity contribution < 1.29 is 9.59 Å². The molecule has 0 saturated carbocycles. The number of aryl methyl sites for hydroxylation is 1. The van der Waals surface area contributed by atoms with E-state index >= 15 is 0 Å². The predicted octanol–water partition coefficient (Wildman–Crippen LogP) is 2.69. The number of hydrogen-bond donors (Lipinski definition) is 0. The minimum Gasteiger partial charge on any atom is -0.368 e. The largest absolute Gasteiger partial charge is 0.368 e. The van der Waals surface area contributed by atoms with Crippen molar-refractivity contribution in [2.45, 2.75) is 19.9 Å². The molecule has 2 aliphatic heterocycles. The first-order valence-electron chi connectivity index (χ1n) is 10.0. The maximum absolute atomic E-state index is 13.0. The number of para-hydroxylation sites is 1. The third kappa shape index (κ3) is 3.88. The van der Waals surface area contributed by atoms with Crippen LogP contribution in [-0.2, 0) is 16.1 Å². The second-order valence-electron chi connectivity index (χ2n) is 7.75. The van der Waals surface area contributed by atoms with Gasteiger partial charge in [-0.2, -0.15) is 0 Å². The molecule has 2 aliphatic rings. The van der Waals surface area contributed by atoms with Crippen LogP contribution < -0.4 is 4.90 Å². The van der Waals surface area contributed by atoms with Gasteiger partial charge in [0.15, 0.2) is 0 Å². The van der Waals surface area contributed by atoms with Crippen LogP contribution in [0.5, 0.6) is 0 Å². The van der Waals surface area contributed by atoms with E-state index in [4.69, 9.17) is 0 Å². The maximum atomic E-state index is 13.0. The Labute approximate surface area is 166 Å². The van der Waals surface area contributed by atoms with Gasteiger partial charge in [0.1, 0.15) is 0 Å². The molecule has 4 rings (SSSR count). The lowest BCUT2D eigenvalue weighted by Gasteiger charge is -2.37. The van der Waals surface area contributed by atoms with E-state index in [-0.39, 0.29) is 17.7 Å². The number of piperazine rings is 1. The lowest BCUT2D eigenvalue weighted by atomic mass is 10.1. The molecule has 2 aromatic carbocycles. The van der Waals surface area contributed by atoms with Crippen LogP contribution in [0.4, 0.5) is 5.69 Å². The molecule has 2 fully saturated rings. The highest BCUT2D eigenvalue weighted by atomic mass is 16.2. The third-order valence-electron chi connectivity index (χ3n) is 5.90. The highest BCUT2D eigenvalue weighted by molar-refractivity contribution is 5.89. The van der Waals surface area contributed by atoms with Gasteiger partial charge in [-0.05, 0) is 30.2 Å². The van der Waals surface area contributed by atoms with E-state index in [1.165, 1.54) is 11.3 Å². The smallest absolute Gasteiger partial charge is 0.228 e. The zero-order valence-electron chi connectivity index (χ0n) is 16.4. The summed E-state index contributed by atoms with van der Waals surface area (Å²) in [5.74, 6) is 0.0117. The summed E-state index contributed by atoms with van der Waals surface area (Å²) in [7, 11) is 0. The van der Waals surface area contributed by atoms with Crippen molar-refractivity contribution in [3.05, 3.63) is 65.7 Å². The fourth-order valence-corrected chi connectivity index (χ4v) is 4.17. The van der Waals surface area contributed by atoms with Crippen molar-refractivity contribution in [1.29, 1.82) is 0 Å². The Bertz CT molecular complexity index is 844. The Kier molecular flexibility index (Phi) is 5.33. The monoisotopic (exact) mass is 377 g/mol. The van der Waals surface area contributed by atoms with Crippen molar-refractivity contribution in [1.82, 2.24) is 9.80 Å². The molecule has 0 aromatic heterocycles. The van der Waals surface area contributed by atoms with Crippen LogP contribution in [0.25, 0.3) is 0 Å². The lowest BCUT2D eigenvalue weighted by Crippen LogP contribution is -2.50. The van der Waals surface area contributed by atoms with E-state index in [9.17, 15) is 9.59 Å². The molecule has 0 spiro atoms. The van der Waals surface area contributed by atoms with Crippen molar-refractivity contribution in [2.75, 3.05) is 37.6 Å². The lowest BCUT2D eigenvalue weighted by molar-refractivity contribution is -0.136. The molecule has 0 bridgehead atoms. The molecule has 1 atom stereocenters. The summed E-state index contributed by atoms with van der Waals surface area (Å²) in [5.41, 5.74) is 3.54. The molecule has 2 amide bonds. The van der Waals surface area contributed by atoms with E-state index in [1.54, 1.807) is 0 Å². The number of hydrogen-bond acceptors (Lipinski definition) is 3. The molecule has 0 aliphatic carbocycles. The number of nitrogens with zero attached hydrogens (tertiary/aromatic N) is 3. The molecular formula is C23H27N3O2. The van der Waals surface area contributed by atoms with Crippen LogP contribution in [0.15, 0.2) is 54.6 Å². The van der Waals surface area contributed by atoms with E-state index < -0.39 is 0 Å². The van der Waals surface area contributed by atoms with Gasteiger partial charge in [-0.25, -0.2) is 0 Å². The number of amides is 2. The molecule has 0 N–H and O–H groups in total. The van der Waals surface area contributed by atoms with Crippen molar-refractivity contribution in [2.24, 2.45) is 5.92 Å². The number of likely N-dealkylation sites (tertiary alicyclic amines) is 1. The van der Waals surface area contributed by atoms with E-state index in [2.05, 4.69) is 36.1 Å². The van der Waals surface area contributed by atoms with Gasteiger partial charge in [-0.1, -0.05) is 42.5 Å². The van der Waals surface area contributed by atoms with Gasteiger partial charge in [-0.15, -0.1) is 0 Å². The van der Waals surface area contributed by atoms with E-state index in [0.717, 1.165) is 31.7 Å². The van der Waals surface area contributed by atoms with Gasteiger partial charge in [0.2, 0.25) is 11.8 Å². The standard InChI is InChI=1S/C23H27N3O2/c1-18-7-5-6-8-19(18)16-26-17-20(15-22(26)27)23(28)25-13-11-24(12-14-25)21-9-3-2-4-10-21/h2-10,20H,11-17H2,1H3. The van der Waals surface area contributed by atoms with E-state index in [1.807, 2.05) is 40.1 Å². The fraction of sp³-hybridized carbons (Fsp3) is 0.391. The van der Waals surface area contributed by atoms with Gasteiger partial charge in [-0.3, -0.25) is 9.59 Å². The highest BCUT2D eigenvalue weighted by Crippen LogP contribution is 2.24. The highest BCUT2D eigenvalue weighted by Gasteiger charge is 2.37. The molecule has 146 valence electrons. The second kappa shape index (κ2) is 8.05. The van der Waals surface area contributed by atoms with Crippen molar-refractivity contribution >= 4 is 17.5 Å². The quantitative estimate of drug-likeness (QED) is 0.823. The Morgan fingerprint density at radius 3 is 2.36 bits per heavy atom. The average molecular weight is 377 g/mol. The van der Waals surface area contributed by atoms with E-state index in [0.29, 0.717) is 19.5 Å². The van der Waals surface area contributed by atoms with Crippen LogP contribution >= 0.6 is 0 Å². The molecule has 28 heavy (non-hydrogen) atoms. The summed E-state index contributed by atoms with van der Waals surface area (Å²) in [6, 6.07) is 18.4.